The molecule has 0 bridgehead atoms. The zero-order valence-electron chi connectivity index (χ0n) is 15.2. The maximum atomic E-state index is 13.2. The minimum absolute atomic E-state index is 0.0663. The number of H-pyrrole nitrogens is 1. The fraction of sp³-hybridized carbons (Fsp3) is 0.0909. The second-order valence-electron chi connectivity index (χ2n) is 6.61. The van der Waals surface area contributed by atoms with Gasteiger partial charge in [-0.25, -0.2) is 4.98 Å². The fourth-order valence-electron chi connectivity index (χ4n) is 3.41. The lowest BCUT2D eigenvalue weighted by atomic mass is 9.96. The number of carbonyl (C=O) groups excluding carboxylic acids is 2. The van der Waals surface area contributed by atoms with Crippen LogP contribution in [0.4, 0.5) is 0 Å². The van der Waals surface area contributed by atoms with Crippen molar-refractivity contribution in [3.63, 3.8) is 0 Å². The fourth-order valence-corrected chi connectivity index (χ4v) is 3.53. The number of ketones is 1. The number of aromatic nitrogens is 2. The van der Waals surface area contributed by atoms with Gasteiger partial charge in [0, 0.05) is 34.6 Å². The second-order valence-corrected chi connectivity index (χ2v) is 7.04. The molecule has 1 amide bonds. The van der Waals surface area contributed by atoms with Gasteiger partial charge in [0.15, 0.2) is 12.4 Å². The van der Waals surface area contributed by atoms with Crippen molar-refractivity contribution in [3.05, 3.63) is 101 Å². The molecule has 7 heteroatoms. The van der Waals surface area contributed by atoms with Crippen molar-refractivity contribution in [2.24, 2.45) is 0 Å². The maximum absolute atomic E-state index is 13.2. The molecule has 29 heavy (non-hydrogen) atoms. The molecular formula is C22H16ClN3O3. The Hall–Kier alpha value is -3.51. The van der Waals surface area contributed by atoms with Crippen LogP contribution in [0.25, 0.3) is 5.76 Å². The summed E-state index contributed by atoms with van der Waals surface area (Å²) in [4.78, 5) is 34.1. The van der Waals surface area contributed by atoms with Crippen LogP contribution >= 0.6 is 11.6 Å². The Kier molecular flexibility index (Phi) is 5.10. The molecule has 1 aliphatic rings. The van der Waals surface area contributed by atoms with E-state index in [1.807, 2.05) is 12.1 Å². The van der Waals surface area contributed by atoms with Gasteiger partial charge >= 0.3 is 0 Å². The number of Topliss-reactive ketones (excluding diaryl/α,β-unsaturated/α-hetero) is 1. The van der Waals surface area contributed by atoms with Crippen LogP contribution in [0.1, 0.15) is 22.7 Å². The highest BCUT2D eigenvalue weighted by Gasteiger charge is 2.44. The quantitative estimate of drug-likeness (QED) is 0.377. The first-order chi connectivity index (χ1) is 14.1. The number of nitrogens with zero attached hydrogens (tertiary/aromatic N) is 2. The third kappa shape index (κ3) is 3.62. The van der Waals surface area contributed by atoms with Crippen molar-refractivity contribution in [2.45, 2.75) is 12.6 Å². The number of halogens is 1. The minimum Gasteiger partial charge on any atom is -0.872 e. The number of rotatable bonds is 4. The van der Waals surface area contributed by atoms with E-state index in [9.17, 15) is 14.7 Å². The zero-order valence-corrected chi connectivity index (χ0v) is 16.0. The Morgan fingerprint density at radius 1 is 1.10 bits per heavy atom. The largest absolute Gasteiger partial charge is 0.872 e. The topological polar surface area (TPSA) is 87.5 Å². The van der Waals surface area contributed by atoms with Crippen molar-refractivity contribution in [1.82, 2.24) is 9.88 Å². The molecule has 1 fully saturated rings. The van der Waals surface area contributed by atoms with Crippen LogP contribution in [0.15, 0.2) is 78.9 Å². The Morgan fingerprint density at radius 3 is 2.48 bits per heavy atom. The van der Waals surface area contributed by atoms with Crippen LogP contribution in [0.5, 0.6) is 0 Å². The normalized spacial score (nSPS) is 18.2. The lowest BCUT2D eigenvalue weighted by Crippen LogP contribution is -2.29. The summed E-state index contributed by atoms with van der Waals surface area (Å²) in [6.45, 7) is 0.187. The first kappa shape index (κ1) is 18.8. The van der Waals surface area contributed by atoms with Gasteiger partial charge in [0.05, 0.1) is 12.6 Å². The number of carbonyl (C=O) groups is 2. The SMILES string of the molecule is O=C1C(=O)N(Cc2ccc[nH+]c2)C(c2ccncc2)/C1=C(\[O-])c1ccc(Cl)cc1. The van der Waals surface area contributed by atoms with Crippen LogP contribution in [-0.4, -0.2) is 21.6 Å². The molecule has 3 aromatic rings. The van der Waals surface area contributed by atoms with Crippen LogP contribution in [0.3, 0.4) is 0 Å². The third-order valence-corrected chi connectivity index (χ3v) is 5.03. The minimum atomic E-state index is -0.790. The molecule has 4 rings (SSSR count). The monoisotopic (exact) mass is 405 g/mol. The molecule has 3 heterocycles. The standard InChI is InChI=1S/C22H16ClN3O3/c23-17-5-3-16(4-6-17)20(27)18-19(15-7-10-24-11-8-15)26(22(29)21(18)28)13-14-2-1-9-25-12-14/h1-12,19,27H,13H2/b20-18+. The average molecular weight is 406 g/mol. The van der Waals surface area contributed by atoms with Gasteiger partial charge in [-0.1, -0.05) is 29.5 Å². The van der Waals surface area contributed by atoms with Gasteiger partial charge in [-0.05, 0) is 41.5 Å². The summed E-state index contributed by atoms with van der Waals surface area (Å²) in [5, 5.41) is 13.7. The summed E-state index contributed by atoms with van der Waals surface area (Å²) in [6.07, 6.45) is 6.64. The lowest BCUT2D eigenvalue weighted by Gasteiger charge is -2.27. The van der Waals surface area contributed by atoms with E-state index in [-0.39, 0.29) is 12.1 Å². The Labute approximate surface area is 172 Å². The molecule has 0 saturated carbocycles. The first-order valence-electron chi connectivity index (χ1n) is 8.93. The number of benzene rings is 1. The first-order valence-corrected chi connectivity index (χ1v) is 9.31. The number of amides is 1. The van der Waals surface area contributed by atoms with Crippen molar-refractivity contribution in [2.75, 3.05) is 0 Å². The van der Waals surface area contributed by atoms with E-state index >= 15 is 0 Å². The number of aromatic amines is 1. The van der Waals surface area contributed by atoms with E-state index in [0.717, 1.165) is 5.56 Å². The molecule has 0 aliphatic carbocycles. The Morgan fingerprint density at radius 2 is 1.83 bits per heavy atom. The van der Waals surface area contributed by atoms with Gasteiger partial charge in [0.1, 0.15) is 0 Å². The third-order valence-electron chi connectivity index (χ3n) is 4.78. The molecule has 144 valence electrons. The number of likely N-dealkylation sites (tertiary alicyclic amines) is 1. The summed E-state index contributed by atoms with van der Waals surface area (Å²) >= 11 is 5.91. The second kappa shape index (κ2) is 7.85. The van der Waals surface area contributed by atoms with Crippen molar-refractivity contribution in [3.8, 4) is 0 Å². The summed E-state index contributed by atoms with van der Waals surface area (Å²) in [5.41, 5.74) is 1.70. The average Bonchev–Trinajstić information content (AvgIpc) is 3.00. The van der Waals surface area contributed by atoms with Crippen LogP contribution in [0, 0.1) is 0 Å². The summed E-state index contributed by atoms with van der Waals surface area (Å²) < 4.78 is 0. The van der Waals surface area contributed by atoms with Gasteiger partial charge in [0.2, 0.25) is 5.78 Å². The molecule has 1 atom stereocenters. The summed E-state index contributed by atoms with van der Waals surface area (Å²) in [7, 11) is 0. The number of hydrogen-bond acceptors (Lipinski definition) is 4. The summed E-state index contributed by atoms with van der Waals surface area (Å²) in [6, 6.07) is 12.5. The van der Waals surface area contributed by atoms with E-state index in [1.54, 1.807) is 61.2 Å². The van der Waals surface area contributed by atoms with Crippen molar-refractivity contribution in [1.29, 1.82) is 0 Å². The molecule has 1 aliphatic heterocycles. The predicted octanol–water partition coefficient (Wildman–Crippen LogP) is 1.97. The molecule has 1 unspecified atom stereocenters. The predicted molar refractivity (Wildman–Crippen MR) is 104 cm³/mol. The van der Waals surface area contributed by atoms with Crippen LogP contribution in [0.2, 0.25) is 5.02 Å². The number of pyridine rings is 2. The van der Waals surface area contributed by atoms with E-state index in [0.29, 0.717) is 16.1 Å². The maximum Gasteiger partial charge on any atom is 0.295 e. The Balaban J connectivity index is 1.85. The molecule has 6 nitrogen and oxygen atoms in total. The number of nitrogens with one attached hydrogen (secondary N) is 1. The lowest BCUT2D eigenvalue weighted by molar-refractivity contribution is -0.378. The van der Waals surface area contributed by atoms with Crippen molar-refractivity contribution >= 4 is 29.1 Å². The highest BCUT2D eigenvalue weighted by molar-refractivity contribution is 6.46. The van der Waals surface area contributed by atoms with Gasteiger partial charge in [-0.3, -0.25) is 14.6 Å². The highest BCUT2D eigenvalue weighted by Crippen LogP contribution is 2.39. The molecule has 1 N–H and O–H groups in total. The smallest absolute Gasteiger partial charge is 0.295 e. The molecule has 0 spiro atoms. The van der Waals surface area contributed by atoms with Gasteiger partial charge in [-0.15, -0.1) is 0 Å². The van der Waals surface area contributed by atoms with Gasteiger partial charge in [0.25, 0.3) is 5.91 Å². The van der Waals surface area contributed by atoms with Gasteiger partial charge in [-0.2, -0.15) is 0 Å². The van der Waals surface area contributed by atoms with E-state index in [1.165, 1.54) is 4.90 Å². The van der Waals surface area contributed by atoms with E-state index in [2.05, 4.69) is 9.97 Å². The van der Waals surface area contributed by atoms with Crippen LogP contribution in [-0.2, 0) is 16.1 Å². The molecule has 0 radical (unpaired) electrons. The van der Waals surface area contributed by atoms with Gasteiger partial charge < -0.3 is 10.0 Å². The summed E-state index contributed by atoms with van der Waals surface area (Å²) in [5.74, 6) is -1.97. The molecular weight excluding hydrogens is 390 g/mol. The van der Waals surface area contributed by atoms with Crippen LogP contribution < -0.4 is 10.1 Å². The zero-order chi connectivity index (χ0) is 20.4. The van der Waals surface area contributed by atoms with E-state index < -0.39 is 23.5 Å². The number of hydrogen-bond donors (Lipinski definition) is 0. The van der Waals surface area contributed by atoms with E-state index in [4.69, 9.17) is 11.6 Å². The van der Waals surface area contributed by atoms with Crippen molar-refractivity contribution < 1.29 is 19.7 Å². The highest BCUT2D eigenvalue weighted by atomic mass is 35.5. The molecule has 1 saturated heterocycles. The molecule has 1 aromatic carbocycles. The molecule has 2 aromatic heterocycles. The Bertz CT molecular complexity index is 1080.